The number of anilines is 2. The van der Waals surface area contributed by atoms with E-state index in [2.05, 4.69) is 55.8 Å². The van der Waals surface area contributed by atoms with Gasteiger partial charge in [0.15, 0.2) is 51.7 Å². The Balaban J connectivity index is 1.31. The van der Waals surface area contributed by atoms with Crippen molar-refractivity contribution in [2.75, 3.05) is 24.7 Å². The molecule has 4 aromatic rings. The molecule has 0 bridgehead atoms. The number of hydrogen-bond donors (Lipinski definition) is 7. The predicted molar refractivity (Wildman–Crippen MR) is 222 cm³/mol. The summed E-state index contributed by atoms with van der Waals surface area (Å²) in [5.41, 5.74) is 19.0. The van der Waals surface area contributed by atoms with Crippen molar-refractivity contribution in [1.29, 1.82) is 0 Å². The van der Waals surface area contributed by atoms with Crippen LogP contribution in [0.1, 0.15) is 54.0 Å². The number of aromatic nitrogens is 8. The summed E-state index contributed by atoms with van der Waals surface area (Å²) in [5, 5.41) is 2.13. The Hall–Kier alpha value is -3.01. The van der Waals surface area contributed by atoms with Gasteiger partial charge in [-0.25, -0.2) is 29.6 Å². The quantitative estimate of drug-likeness (QED) is 0.0706. The van der Waals surface area contributed by atoms with E-state index in [0.29, 0.717) is 11.2 Å². The molecule has 2 aliphatic heterocycles. The minimum absolute atomic E-state index is 0.0161. The molecule has 27 heteroatoms. The van der Waals surface area contributed by atoms with Crippen LogP contribution in [0.2, 0.25) is 36.3 Å². The van der Waals surface area contributed by atoms with Crippen LogP contribution < -0.4 is 27.8 Å². The largest absolute Gasteiger partial charge is 0.408 e. The van der Waals surface area contributed by atoms with Gasteiger partial charge in [-0.2, -0.15) is 4.98 Å². The average molecular weight is 903 g/mol. The van der Waals surface area contributed by atoms with Crippen LogP contribution in [-0.2, 0) is 36.5 Å². The summed E-state index contributed by atoms with van der Waals surface area (Å²) < 4.78 is 66.5. The Morgan fingerprint density at radius 2 is 1.46 bits per heavy atom. The van der Waals surface area contributed by atoms with E-state index in [9.17, 15) is 23.7 Å². The van der Waals surface area contributed by atoms with Crippen LogP contribution in [0.25, 0.3) is 22.3 Å². The van der Waals surface area contributed by atoms with Gasteiger partial charge in [0, 0.05) is 0 Å². The Labute approximate surface area is 342 Å². The maximum atomic E-state index is 14.2. The fourth-order valence-corrected chi connectivity index (χ4v) is 10.4. The van der Waals surface area contributed by atoms with E-state index in [4.69, 9.17) is 44.6 Å². The summed E-state index contributed by atoms with van der Waals surface area (Å²) in [5.74, 6) is -0.0134. The van der Waals surface area contributed by atoms with Crippen molar-refractivity contribution in [3.8, 4) is 0 Å². The van der Waals surface area contributed by atoms with Crippen LogP contribution >= 0.6 is 16.0 Å². The normalized spacial score (nSPS) is 27.5. The molecular formula is C32H56N12O11P2Si2. The molecule has 23 nitrogen and oxygen atoms in total. The molecule has 0 aromatic carbocycles. The van der Waals surface area contributed by atoms with Crippen LogP contribution in [0.4, 0.5) is 11.8 Å². The lowest BCUT2D eigenvalue weighted by molar-refractivity contribution is -0.0448. The van der Waals surface area contributed by atoms with E-state index >= 15 is 0 Å². The number of ether oxygens (including phenoxy) is 2. The molecule has 328 valence electrons. The van der Waals surface area contributed by atoms with Crippen LogP contribution in [0.15, 0.2) is 23.8 Å². The van der Waals surface area contributed by atoms with Gasteiger partial charge in [0.05, 0.1) is 38.0 Å². The lowest BCUT2D eigenvalue weighted by atomic mass is 10.1. The van der Waals surface area contributed by atoms with E-state index in [0.717, 1.165) is 0 Å². The first-order chi connectivity index (χ1) is 27.2. The summed E-state index contributed by atoms with van der Waals surface area (Å²) in [6.07, 6.45) is -1.99. The van der Waals surface area contributed by atoms with Crippen LogP contribution in [-0.4, -0.2) is 115 Å². The number of nitrogen functional groups attached to an aromatic ring is 2. The zero-order chi connectivity index (χ0) is 43.6. The zero-order valence-electron chi connectivity index (χ0n) is 34.6. The van der Waals surface area contributed by atoms with E-state index in [1.54, 1.807) is 4.57 Å². The topological polar surface area (TPSA) is 327 Å². The van der Waals surface area contributed by atoms with Gasteiger partial charge in [-0.15, -0.1) is 0 Å². The van der Waals surface area contributed by atoms with Crippen molar-refractivity contribution < 1.29 is 46.3 Å². The molecular weight excluding hydrogens is 847 g/mol. The first kappa shape index (κ1) is 45.5. The lowest BCUT2D eigenvalue weighted by Crippen LogP contribution is -2.52. The third-order valence-electron chi connectivity index (χ3n) is 11.7. The molecule has 4 aromatic heterocycles. The Morgan fingerprint density at radius 1 is 0.898 bits per heavy atom. The predicted octanol–water partition coefficient (Wildman–Crippen LogP) is 2.50. The number of aromatic amines is 1. The third kappa shape index (κ3) is 9.28. The van der Waals surface area contributed by atoms with E-state index in [1.807, 2.05) is 47.0 Å². The molecule has 0 spiro atoms. The molecule has 4 unspecified atom stereocenters. The molecule has 0 saturated carbocycles. The highest BCUT2D eigenvalue weighted by atomic mass is 31.2. The van der Waals surface area contributed by atoms with E-state index in [-0.39, 0.29) is 33.0 Å². The van der Waals surface area contributed by atoms with Crippen molar-refractivity contribution in [3.05, 3.63) is 29.3 Å². The van der Waals surface area contributed by atoms with Gasteiger partial charge in [0.2, 0.25) is 5.95 Å². The number of nitrogens with one attached hydrogen (secondary N) is 2. The smallest absolute Gasteiger partial charge is 0.403 e. The molecule has 2 fully saturated rings. The average Bonchev–Trinajstić information content (AvgIpc) is 3.87. The number of hydrogen-bond acceptors (Lipinski definition) is 17. The van der Waals surface area contributed by atoms with Gasteiger partial charge in [0.1, 0.15) is 36.3 Å². The minimum Gasteiger partial charge on any atom is -0.408 e. The van der Waals surface area contributed by atoms with Crippen molar-refractivity contribution in [2.24, 2.45) is 5.73 Å². The zero-order valence-corrected chi connectivity index (χ0v) is 38.5. The number of H-pyrrole nitrogens is 1. The lowest BCUT2D eigenvalue weighted by Gasteiger charge is -2.41. The number of nitrogens with two attached hydrogens (primary N) is 3. The van der Waals surface area contributed by atoms with Crippen molar-refractivity contribution in [1.82, 2.24) is 44.1 Å². The molecule has 0 amide bonds. The van der Waals surface area contributed by atoms with Crippen molar-refractivity contribution in [3.63, 3.8) is 0 Å². The van der Waals surface area contributed by atoms with Crippen molar-refractivity contribution in [2.45, 2.75) is 127 Å². The van der Waals surface area contributed by atoms with Crippen LogP contribution in [0.5, 0.6) is 0 Å². The Kier molecular flexibility index (Phi) is 12.6. The Bertz CT molecular complexity index is 2300. The molecule has 2 saturated heterocycles. The van der Waals surface area contributed by atoms with Crippen LogP contribution in [0.3, 0.4) is 0 Å². The van der Waals surface area contributed by atoms with Gasteiger partial charge >= 0.3 is 16.0 Å². The van der Waals surface area contributed by atoms with Gasteiger partial charge in [-0.1, -0.05) is 41.5 Å². The maximum absolute atomic E-state index is 14.2. The molecule has 0 radical (unpaired) electrons. The minimum atomic E-state index is -4.84. The monoisotopic (exact) mass is 902 g/mol. The summed E-state index contributed by atoms with van der Waals surface area (Å²) in [6.45, 7) is 19.4. The summed E-state index contributed by atoms with van der Waals surface area (Å²) >= 11 is 0. The highest BCUT2D eigenvalue weighted by Gasteiger charge is 2.54. The highest BCUT2D eigenvalue weighted by Crippen LogP contribution is 2.48. The third-order valence-corrected chi connectivity index (χ3v) is 22.2. The number of nitrogens with zero attached hydrogens (tertiary/aromatic N) is 7. The molecule has 0 aliphatic carbocycles. The maximum Gasteiger partial charge on any atom is 0.403 e. The molecule has 6 heterocycles. The summed E-state index contributed by atoms with van der Waals surface area (Å²) in [7, 11) is -13.5. The highest BCUT2D eigenvalue weighted by molar-refractivity contribution is 7.50. The number of rotatable bonds is 14. The number of fused-ring (bicyclic) bond motifs is 2. The van der Waals surface area contributed by atoms with Crippen molar-refractivity contribution >= 4 is 66.7 Å². The van der Waals surface area contributed by atoms with E-state index < -0.39 is 100 Å². The first-order valence-electron chi connectivity index (χ1n) is 18.9. The van der Waals surface area contributed by atoms with Gasteiger partial charge < -0.3 is 49.8 Å². The number of imidazole rings is 2. The molecule has 59 heavy (non-hydrogen) atoms. The van der Waals surface area contributed by atoms with Crippen LogP contribution in [0, 0.1) is 0 Å². The molecule has 2 aliphatic rings. The summed E-state index contributed by atoms with van der Waals surface area (Å²) in [4.78, 5) is 57.5. The SMILES string of the molecule is CC(C)(C)[Si](C)(C)OC1[C@H](n2cnc3c(=O)[nH]c(N)nc32)O[C@H](COP(=O)(O)N[C@H]2C(O[Si](C)(C)C(C)(C)C)[C@H](n3cnc4c(N)ncnc43)O[C@@H]2CO[PH](=O)O)[C@H]1N. The molecule has 10 atom stereocenters. The molecule has 6 rings (SSSR count). The molecule has 10 N–H and O–H groups in total. The second kappa shape index (κ2) is 16.4. The fraction of sp³-hybridized carbons (Fsp3) is 0.688. The summed E-state index contributed by atoms with van der Waals surface area (Å²) in [6, 6.07) is -2.08. The van der Waals surface area contributed by atoms with E-state index in [1.165, 1.54) is 23.5 Å². The van der Waals surface area contributed by atoms with Gasteiger partial charge in [-0.3, -0.25) is 28.0 Å². The second-order valence-corrected chi connectivity index (χ2v) is 29.7. The Morgan fingerprint density at radius 3 is 2.07 bits per heavy atom. The first-order valence-corrected chi connectivity index (χ1v) is 27.6. The van der Waals surface area contributed by atoms with Gasteiger partial charge in [-0.05, 0) is 36.3 Å². The van der Waals surface area contributed by atoms with Gasteiger partial charge in [0.25, 0.3) is 5.56 Å². The fourth-order valence-electron chi connectivity index (χ4n) is 6.42. The standard InChI is InChI=1S/C32H56N12O11P2Si2/c1-31(2,3)58(7,8)54-22-18(33)16(52-28(22)44-15-39-21-26(44)40-30(35)41-27(21)45)12-51-57(48,49)42-19-17(11-50-56(46)47)53-29(23(19)55-59(9,10)32(4,5)6)43-14-38-20-24(34)36-13-37-25(20)43/h13-19,22-23,28-29,56H,11-12,33H2,1-10H3,(H,46,47)(H2,34,36,37)(H2,42,48,49)(H3,35,40,41,45)/t16-,17-,18-,19-,22?,23?,28-,29-/m1/s1. The second-order valence-electron chi connectivity index (χ2n) is 17.8.